The van der Waals surface area contributed by atoms with Gasteiger partial charge in [-0.2, -0.15) is 0 Å². The second-order valence-corrected chi connectivity index (χ2v) is 3.55. The average Bonchev–Trinajstić information content (AvgIpc) is 2.06. The Labute approximate surface area is 108 Å². The van der Waals surface area contributed by atoms with Crippen molar-refractivity contribution in [1.82, 2.24) is 4.98 Å². The Balaban J connectivity index is 0.000000980. The first-order chi connectivity index (χ1) is 6.16. The third-order valence-electron chi connectivity index (χ3n) is 2.43. The van der Waals surface area contributed by atoms with Gasteiger partial charge in [-0.1, -0.05) is 0 Å². The van der Waals surface area contributed by atoms with Crippen LogP contribution in [0.3, 0.4) is 0 Å². The largest absolute Gasteiger partial charge is 0.508 e. The van der Waals surface area contributed by atoms with Gasteiger partial charge in [-0.25, -0.2) is 4.39 Å². The number of aryl methyl sites for hydroxylation is 2. The van der Waals surface area contributed by atoms with Crippen molar-refractivity contribution in [3.05, 3.63) is 23.0 Å². The molecule has 1 aromatic rings. The van der Waals surface area contributed by atoms with E-state index < -0.39 is 6.17 Å². The number of nitrogens with zero attached hydrogens (tertiary/aromatic N) is 1. The van der Waals surface area contributed by atoms with Crippen molar-refractivity contribution in [3.8, 4) is 5.75 Å². The summed E-state index contributed by atoms with van der Waals surface area (Å²) in [4.78, 5) is 4.28. The van der Waals surface area contributed by atoms with Crippen molar-refractivity contribution >= 4 is 0 Å². The fourth-order valence-electron chi connectivity index (χ4n) is 1.79. The minimum atomic E-state index is -0.817. The van der Waals surface area contributed by atoms with Gasteiger partial charge >= 0.3 is 0 Å². The van der Waals surface area contributed by atoms with Gasteiger partial charge in [0.05, 0.1) is 0 Å². The van der Waals surface area contributed by atoms with Crippen LogP contribution >= 0.6 is 0 Å². The smallest absolute Gasteiger partial charge is 0.122 e. The first-order valence-corrected chi connectivity index (χ1v) is 4.49. The van der Waals surface area contributed by atoms with Gasteiger partial charge in [0.1, 0.15) is 11.9 Å². The summed E-state index contributed by atoms with van der Waals surface area (Å²) in [5, 5.41) is 9.55. The molecule has 0 bridgehead atoms. The molecule has 0 spiro atoms. The molecule has 0 aliphatic heterocycles. The van der Waals surface area contributed by atoms with Gasteiger partial charge < -0.3 is 5.11 Å². The van der Waals surface area contributed by atoms with E-state index in [1.54, 1.807) is 6.07 Å². The molecule has 1 aromatic heterocycles. The number of alkyl halides is 1. The molecule has 0 saturated carbocycles. The first-order valence-electron chi connectivity index (χ1n) is 4.49. The molecule has 1 heterocycles. The van der Waals surface area contributed by atoms with Gasteiger partial charge in [-0.15, -0.1) is 0 Å². The molecule has 0 aromatic carbocycles. The van der Waals surface area contributed by atoms with E-state index in [0.717, 1.165) is 11.4 Å². The van der Waals surface area contributed by atoms with Crippen LogP contribution in [-0.2, 0) is 45.6 Å². The third-order valence-corrected chi connectivity index (χ3v) is 2.43. The zero-order valence-corrected chi connectivity index (χ0v) is 11.0. The predicted molar refractivity (Wildman–Crippen MR) is 47.6 cm³/mol. The maximum Gasteiger partial charge on any atom is 0.122 e. The molecule has 2 nitrogen and oxygen atoms in total. The molecule has 1 radical (unpaired) electrons. The molecule has 73 valence electrons. The number of fused-ring (bicyclic) bond motifs is 1. The van der Waals surface area contributed by atoms with Crippen LogP contribution < -0.4 is 0 Å². The Hall–Kier alpha value is -0.0161. The standard InChI is InChI=1S/C10H12FNO.Y/c1-6-4-10(13)8-5-7(11)2-3-9(8)12-6;/h4,7H,2-3,5H2,1H3,(H,12,13);. The van der Waals surface area contributed by atoms with Crippen molar-refractivity contribution in [3.63, 3.8) is 0 Å². The quantitative estimate of drug-likeness (QED) is 0.781. The molecule has 1 atom stereocenters. The van der Waals surface area contributed by atoms with Crippen molar-refractivity contribution in [2.24, 2.45) is 0 Å². The van der Waals surface area contributed by atoms with E-state index in [-0.39, 0.29) is 38.5 Å². The maximum atomic E-state index is 13.0. The summed E-state index contributed by atoms with van der Waals surface area (Å²) in [6, 6.07) is 1.59. The van der Waals surface area contributed by atoms with Crippen LogP contribution in [-0.4, -0.2) is 16.3 Å². The Morgan fingerprint density at radius 3 is 3.00 bits per heavy atom. The molecule has 1 N–H and O–H groups in total. The zero-order valence-electron chi connectivity index (χ0n) is 8.13. The second kappa shape index (κ2) is 4.67. The monoisotopic (exact) mass is 270 g/mol. The summed E-state index contributed by atoms with van der Waals surface area (Å²) in [6.07, 6.45) is 0.672. The van der Waals surface area contributed by atoms with Crippen molar-refractivity contribution in [1.29, 1.82) is 0 Å². The molecule has 0 amide bonds. The number of hydrogen-bond acceptors (Lipinski definition) is 2. The van der Waals surface area contributed by atoms with Gasteiger partial charge in [-0.05, 0) is 19.8 Å². The summed E-state index contributed by atoms with van der Waals surface area (Å²) < 4.78 is 13.0. The third kappa shape index (κ3) is 2.32. The molecule has 0 saturated heterocycles. The number of pyridine rings is 1. The molecule has 1 unspecified atom stereocenters. The van der Waals surface area contributed by atoms with Gasteiger partial charge in [0.2, 0.25) is 0 Å². The molecular formula is C10H12FNOY. The maximum absolute atomic E-state index is 13.0. The van der Waals surface area contributed by atoms with E-state index in [1.807, 2.05) is 6.92 Å². The molecule has 0 fully saturated rings. The Morgan fingerprint density at radius 2 is 2.29 bits per heavy atom. The number of halogens is 1. The Morgan fingerprint density at radius 1 is 1.57 bits per heavy atom. The van der Waals surface area contributed by atoms with Crippen molar-refractivity contribution < 1.29 is 42.2 Å². The van der Waals surface area contributed by atoms with Crippen LogP contribution in [0.4, 0.5) is 4.39 Å². The summed E-state index contributed by atoms with van der Waals surface area (Å²) in [5.41, 5.74) is 2.37. The number of aromatic hydroxyl groups is 1. The van der Waals surface area contributed by atoms with Crippen LogP contribution in [0.5, 0.6) is 5.75 Å². The fourth-order valence-corrected chi connectivity index (χ4v) is 1.79. The van der Waals surface area contributed by atoms with Crippen LogP contribution in [0.1, 0.15) is 23.4 Å². The molecule has 14 heavy (non-hydrogen) atoms. The van der Waals surface area contributed by atoms with E-state index >= 15 is 0 Å². The van der Waals surface area contributed by atoms with Gasteiger partial charge in [0, 0.05) is 62.1 Å². The molecule has 4 heteroatoms. The number of hydrogen-bond donors (Lipinski definition) is 1. The molecule has 1 aliphatic carbocycles. The van der Waals surface area contributed by atoms with E-state index in [1.165, 1.54) is 0 Å². The average molecular weight is 270 g/mol. The van der Waals surface area contributed by atoms with Crippen LogP contribution in [0.2, 0.25) is 0 Å². The molecule has 2 rings (SSSR count). The SMILES string of the molecule is Cc1cc(O)c2c(n1)CCC(F)C2.[Y]. The van der Waals surface area contributed by atoms with Gasteiger partial charge in [-0.3, -0.25) is 4.98 Å². The number of rotatable bonds is 0. The van der Waals surface area contributed by atoms with Crippen molar-refractivity contribution in [2.75, 3.05) is 0 Å². The van der Waals surface area contributed by atoms with Crippen LogP contribution in [0.25, 0.3) is 0 Å². The first kappa shape index (κ1) is 12.1. The Kier molecular flexibility index (Phi) is 4.02. The van der Waals surface area contributed by atoms with Crippen LogP contribution in [0, 0.1) is 6.92 Å². The van der Waals surface area contributed by atoms with E-state index in [2.05, 4.69) is 4.98 Å². The molecule has 1 aliphatic rings. The van der Waals surface area contributed by atoms with Gasteiger partial charge in [0.25, 0.3) is 0 Å². The predicted octanol–water partition coefficient (Wildman–Crippen LogP) is 1.92. The summed E-state index contributed by atoms with van der Waals surface area (Å²) in [5.74, 6) is 0.199. The second-order valence-electron chi connectivity index (χ2n) is 3.55. The zero-order chi connectivity index (χ0) is 9.42. The van der Waals surface area contributed by atoms with Crippen LogP contribution in [0.15, 0.2) is 6.07 Å². The van der Waals surface area contributed by atoms with Gasteiger partial charge in [0.15, 0.2) is 0 Å². The minimum absolute atomic E-state index is 0. The fraction of sp³-hybridized carbons (Fsp3) is 0.500. The van der Waals surface area contributed by atoms with E-state index in [0.29, 0.717) is 24.8 Å². The summed E-state index contributed by atoms with van der Waals surface area (Å²) in [6.45, 7) is 1.83. The topological polar surface area (TPSA) is 33.1 Å². The number of aromatic nitrogens is 1. The van der Waals surface area contributed by atoms with E-state index in [4.69, 9.17) is 0 Å². The minimum Gasteiger partial charge on any atom is -0.508 e. The summed E-state index contributed by atoms with van der Waals surface area (Å²) >= 11 is 0. The summed E-state index contributed by atoms with van der Waals surface area (Å²) in [7, 11) is 0. The van der Waals surface area contributed by atoms with Crippen molar-refractivity contribution in [2.45, 2.75) is 32.4 Å². The Bertz CT molecular complexity index is 343. The van der Waals surface area contributed by atoms with E-state index in [9.17, 15) is 9.50 Å². The molecular weight excluding hydrogens is 258 g/mol. The normalized spacial score (nSPS) is 19.7.